The second-order valence-electron chi connectivity index (χ2n) is 8.72. The monoisotopic (exact) mass is 488 g/mol. The molecule has 0 saturated carbocycles. The number of fused-ring (bicyclic) bond motifs is 1. The van der Waals surface area contributed by atoms with Crippen LogP contribution in [-0.2, 0) is 13.6 Å². The van der Waals surface area contributed by atoms with E-state index < -0.39 is 11.2 Å². The Morgan fingerprint density at radius 2 is 1.86 bits per heavy atom. The van der Waals surface area contributed by atoms with Crippen LogP contribution in [0.1, 0.15) is 12.0 Å². The van der Waals surface area contributed by atoms with Crippen LogP contribution >= 0.6 is 0 Å². The number of aromatic nitrogens is 6. The highest BCUT2D eigenvalue weighted by molar-refractivity contribution is 5.71. The van der Waals surface area contributed by atoms with Crippen molar-refractivity contribution >= 4 is 11.2 Å². The van der Waals surface area contributed by atoms with Crippen molar-refractivity contribution in [2.45, 2.75) is 13.0 Å². The lowest BCUT2D eigenvalue weighted by Gasteiger charge is -2.26. The smallest absolute Gasteiger partial charge is 0.332 e. The molecule has 1 aliphatic heterocycles. The Bertz CT molecular complexity index is 1440. The minimum Gasteiger partial charge on any atom is -0.494 e. The second-order valence-corrected chi connectivity index (χ2v) is 8.72. The topological polar surface area (TPSA) is 120 Å². The van der Waals surface area contributed by atoms with Gasteiger partial charge in [-0.2, -0.15) is 0 Å². The fraction of sp³-hybridized carbons (Fsp3) is 0.360. The van der Waals surface area contributed by atoms with Gasteiger partial charge in [0.05, 0.1) is 13.2 Å². The van der Waals surface area contributed by atoms with Crippen molar-refractivity contribution in [1.29, 1.82) is 0 Å². The molecule has 5 rings (SSSR count). The van der Waals surface area contributed by atoms with Gasteiger partial charge in [-0.3, -0.25) is 18.9 Å². The number of hydrogen-bond donors (Lipinski definition) is 1. The van der Waals surface area contributed by atoms with Crippen LogP contribution in [0.15, 0.2) is 58.4 Å². The van der Waals surface area contributed by atoms with Crippen LogP contribution in [0.25, 0.3) is 22.6 Å². The molecular weight excluding hydrogens is 460 g/mol. The summed E-state index contributed by atoms with van der Waals surface area (Å²) < 4.78 is 8.30. The third-order valence-electron chi connectivity index (χ3n) is 6.22. The van der Waals surface area contributed by atoms with Gasteiger partial charge < -0.3 is 15.0 Å². The molecule has 11 nitrogen and oxygen atoms in total. The molecule has 1 N–H and O–H groups in total. The Kier molecular flexibility index (Phi) is 7.10. The zero-order chi connectivity index (χ0) is 24.9. The van der Waals surface area contributed by atoms with E-state index in [1.54, 1.807) is 18.5 Å². The lowest BCUT2D eigenvalue weighted by molar-refractivity contribution is 0.214. The number of benzene rings is 1. The molecule has 186 valence electrons. The molecule has 1 saturated heterocycles. The zero-order valence-corrected chi connectivity index (χ0v) is 20.1. The molecule has 1 aliphatic rings. The predicted octanol–water partition coefficient (Wildman–Crippen LogP) is 0.670. The van der Waals surface area contributed by atoms with Crippen LogP contribution in [0, 0.1) is 0 Å². The lowest BCUT2D eigenvalue weighted by atomic mass is 10.2. The van der Waals surface area contributed by atoms with E-state index >= 15 is 0 Å². The second kappa shape index (κ2) is 10.8. The highest BCUT2D eigenvalue weighted by Gasteiger charge is 2.16. The molecule has 4 heterocycles. The molecule has 11 heteroatoms. The van der Waals surface area contributed by atoms with Gasteiger partial charge in [0, 0.05) is 57.7 Å². The third kappa shape index (κ3) is 5.16. The number of piperazine rings is 1. The van der Waals surface area contributed by atoms with E-state index in [1.807, 2.05) is 30.3 Å². The van der Waals surface area contributed by atoms with Crippen LogP contribution in [0.2, 0.25) is 0 Å². The van der Waals surface area contributed by atoms with Crippen molar-refractivity contribution in [2.24, 2.45) is 7.05 Å². The summed E-state index contributed by atoms with van der Waals surface area (Å²) in [5.74, 6) is 1.06. The maximum atomic E-state index is 12.8. The highest BCUT2D eigenvalue weighted by Crippen LogP contribution is 2.20. The van der Waals surface area contributed by atoms with E-state index in [9.17, 15) is 9.59 Å². The molecule has 0 spiro atoms. The minimum absolute atomic E-state index is 0.0826. The molecule has 0 unspecified atom stereocenters. The van der Waals surface area contributed by atoms with Crippen molar-refractivity contribution in [2.75, 3.05) is 39.3 Å². The molecule has 4 aromatic rings. The number of nitrogens with zero attached hydrogens (tertiary/aromatic N) is 7. The number of ether oxygens (including phenoxy) is 1. The molecule has 0 atom stereocenters. The van der Waals surface area contributed by atoms with Crippen molar-refractivity contribution in [3.63, 3.8) is 0 Å². The number of hydrogen-bond acceptors (Lipinski definition) is 9. The summed E-state index contributed by atoms with van der Waals surface area (Å²) in [6.45, 7) is 6.12. The van der Waals surface area contributed by atoms with Gasteiger partial charge in [-0.15, -0.1) is 10.2 Å². The molecule has 36 heavy (non-hydrogen) atoms. The molecule has 1 aromatic carbocycles. The SMILES string of the molecule is Cn1c(=O)c2nc(-c3ccc(OCCCN4CCNCC4)cc3)nnc2n(Cc2cccnc2)c1=O. The van der Waals surface area contributed by atoms with E-state index in [0.29, 0.717) is 18.0 Å². The standard InChI is InChI=1S/C25H28N8O3/c1-31-24(34)21-23(33(25(31)35)17-18-4-2-9-27-16-18)30-29-22(28-21)19-5-7-20(8-6-19)36-15-3-12-32-13-10-26-11-14-32/h2,4-9,16,26H,3,10-15,17H2,1H3. The quantitative estimate of drug-likeness (QED) is 0.357. The molecule has 0 radical (unpaired) electrons. The van der Waals surface area contributed by atoms with Crippen LogP contribution in [0.3, 0.4) is 0 Å². The first-order chi connectivity index (χ1) is 17.6. The van der Waals surface area contributed by atoms with E-state index in [-0.39, 0.29) is 17.7 Å². The Hall–Kier alpha value is -3.96. The molecule has 0 aliphatic carbocycles. The van der Waals surface area contributed by atoms with Crippen molar-refractivity contribution in [1.82, 2.24) is 39.5 Å². The molecule has 1 fully saturated rings. The van der Waals surface area contributed by atoms with Crippen LogP contribution in [-0.4, -0.2) is 73.5 Å². The summed E-state index contributed by atoms with van der Waals surface area (Å²) in [5.41, 5.74) is 0.717. The van der Waals surface area contributed by atoms with Gasteiger partial charge >= 0.3 is 5.69 Å². The minimum atomic E-state index is -0.516. The van der Waals surface area contributed by atoms with Crippen LogP contribution < -0.4 is 21.3 Å². The summed E-state index contributed by atoms with van der Waals surface area (Å²) in [6.07, 6.45) is 4.28. The largest absolute Gasteiger partial charge is 0.494 e. The highest BCUT2D eigenvalue weighted by atomic mass is 16.5. The average Bonchev–Trinajstić information content (AvgIpc) is 2.93. The number of pyridine rings is 1. The summed E-state index contributed by atoms with van der Waals surface area (Å²) in [4.78, 5) is 36.6. The van der Waals surface area contributed by atoms with Gasteiger partial charge in [0.1, 0.15) is 5.75 Å². The van der Waals surface area contributed by atoms with E-state index in [1.165, 1.54) is 11.6 Å². The Morgan fingerprint density at radius 3 is 2.61 bits per heavy atom. The van der Waals surface area contributed by atoms with Crippen molar-refractivity contribution in [3.05, 3.63) is 75.2 Å². The summed E-state index contributed by atoms with van der Waals surface area (Å²) in [7, 11) is 1.43. The van der Waals surface area contributed by atoms with Crippen molar-refractivity contribution in [3.8, 4) is 17.1 Å². The average molecular weight is 489 g/mol. The van der Waals surface area contributed by atoms with E-state index in [0.717, 1.165) is 55.0 Å². The normalized spacial score (nSPS) is 14.2. The van der Waals surface area contributed by atoms with Crippen LogP contribution in [0.5, 0.6) is 5.75 Å². The molecule has 0 amide bonds. The van der Waals surface area contributed by atoms with Gasteiger partial charge in [-0.05, 0) is 42.3 Å². The Balaban J connectivity index is 1.33. The van der Waals surface area contributed by atoms with Gasteiger partial charge in [0.15, 0.2) is 17.0 Å². The maximum Gasteiger partial charge on any atom is 0.332 e. The van der Waals surface area contributed by atoms with E-state index in [2.05, 4.69) is 30.4 Å². The van der Waals surface area contributed by atoms with Gasteiger partial charge in [-0.1, -0.05) is 6.07 Å². The fourth-order valence-electron chi connectivity index (χ4n) is 4.22. The maximum absolute atomic E-state index is 12.8. The first-order valence-corrected chi connectivity index (χ1v) is 12.0. The molecule has 3 aromatic heterocycles. The lowest BCUT2D eigenvalue weighted by Crippen LogP contribution is -2.43. The summed E-state index contributed by atoms with van der Waals surface area (Å²) >= 11 is 0. The molecule has 0 bridgehead atoms. The van der Waals surface area contributed by atoms with Crippen LogP contribution in [0.4, 0.5) is 0 Å². The van der Waals surface area contributed by atoms with Gasteiger partial charge in [-0.25, -0.2) is 9.78 Å². The predicted molar refractivity (Wildman–Crippen MR) is 135 cm³/mol. The Labute approximate surface area is 207 Å². The van der Waals surface area contributed by atoms with Crippen molar-refractivity contribution < 1.29 is 4.74 Å². The zero-order valence-electron chi connectivity index (χ0n) is 20.1. The summed E-state index contributed by atoms with van der Waals surface area (Å²) in [5, 5.41) is 11.8. The summed E-state index contributed by atoms with van der Waals surface area (Å²) in [6, 6.07) is 11.0. The first kappa shape index (κ1) is 23.8. The van der Waals surface area contributed by atoms with Gasteiger partial charge in [0.2, 0.25) is 0 Å². The third-order valence-corrected chi connectivity index (χ3v) is 6.22. The Morgan fingerprint density at radius 1 is 1.06 bits per heavy atom. The van der Waals surface area contributed by atoms with Gasteiger partial charge in [0.25, 0.3) is 5.56 Å². The molecular formula is C25H28N8O3. The fourth-order valence-corrected chi connectivity index (χ4v) is 4.22. The first-order valence-electron chi connectivity index (χ1n) is 12.0. The van der Waals surface area contributed by atoms with E-state index in [4.69, 9.17) is 4.74 Å². The number of nitrogens with one attached hydrogen (secondary N) is 1. The number of rotatable bonds is 8.